The van der Waals surface area contributed by atoms with Crippen molar-refractivity contribution in [3.05, 3.63) is 35.9 Å². The van der Waals surface area contributed by atoms with Crippen LogP contribution in [0.2, 0.25) is 0 Å². The van der Waals surface area contributed by atoms with Gasteiger partial charge in [-0.15, -0.1) is 0 Å². The van der Waals surface area contributed by atoms with Crippen LogP contribution >= 0.6 is 0 Å². The van der Waals surface area contributed by atoms with Crippen LogP contribution in [0, 0.1) is 17.3 Å². The van der Waals surface area contributed by atoms with Crippen molar-refractivity contribution in [3.63, 3.8) is 0 Å². The molecule has 39 heavy (non-hydrogen) atoms. The van der Waals surface area contributed by atoms with Crippen molar-refractivity contribution < 1.29 is 9.59 Å². The molecule has 5 aliphatic rings. The van der Waals surface area contributed by atoms with Gasteiger partial charge in [-0.2, -0.15) is 0 Å². The highest BCUT2D eigenvalue weighted by molar-refractivity contribution is 5.83. The number of hydrogen-bond donors (Lipinski definition) is 0. The quantitative estimate of drug-likeness (QED) is 0.478. The van der Waals surface area contributed by atoms with Gasteiger partial charge in [-0.25, -0.2) is 4.79 Å². The predicted molar refractivity (Wildman–Crippen MR) is 155 cm³/mol. The summed E-state index contributed by atoms with van der Waals surface area (Å²) < 4.78 is 0. The number of fused-ring (bicyclic) bond motifs is 2. The molecular weight excluding hydrogens is 484 g/mol. The maximum absolute atomic E-state index is 13.9. The Balaban J connectivity index is 1.21. The molecule has 1 saturated carbocycles. The number of carbonyl (C=O) groups excluding carboxylic acids is 2. The molecule has 5 fully saturated rings. The van der Waals surface area contributed by atoms with Crippen molar-refractivity contribution in [2.45, 2.75) is 102 Å². The smallest absolute Gasteiger partial charge is 0.320 e. The minimum atomic E-state index is -0.175. The second kappa shape index (κ2) is 10.4. The molecular formula is C33H50N4O2. The average molecular weight is 535 g/mol. The van der Waals surface area contributed by atoms with E-state index in [0.29, 0.717) is 35.7 Å². The van der Waals surface area contributed by atoms with Gasteiger partial charge in [0.15, 0.2) is 0 Å². The monoisotopic (exact) mass is 534 g/mol. The highest BCUT2D eigenvalue weighted by Gasteiger charge is 2.57. The van der Waals surface area contributed by atoms with Gasteiger partial charge >= 0.3 is 6.03 Å². The number of hydrogen-bond acceptors (Lipinski definition) is 3. The van der Waals surface area contributed by atoms with E-state index in [2.05, 4.69) is 65.8 Å². The highest BCUT2D eigenvalue weighted by atomic mass is 16.2. The van der Waals surface area contributed by atoms with E-state index in [-0.39, 0.29) is 17.0 Å². The fourth-order valence-corrected chi connectivity index (χ4v) is 9.20. The zero-order valence-corrected chi connectivity index (χ0v) is 24.8. The van der Waals surface area contributed by atoms with Crippen LogP contribution in [0.25, 0.3) is 0 Å². The predicted octanol–water partition coefficient (Wildman–Crippen LogP) is 5.59. The van der Waals surface area contributed by atoms with Gasteiger partial charge in [-0.1, -0.05) is 70.4 Å². The van der Waals surface area contributed by atoms with E-state index in [0.717, 1.165) is 58.4 Å². The molecule has 6 heteroatoms. The molecule has 6 rings (SSSR count). The lowest BCUT2D eigenvalue weighted by Gasteiger charge is -2.49. The summed E-state index contributed by atoms with van der Waals surface area (Å²) in [5.41, 5.74) is 1.20. The Hall–Kier alpha value is -2.08. The summed E-state index contributed by atoms with van der Waals surface area (Å²) in [6, 6.07) is 12.3. The lowest BCUT2D eigenvalue weighted by atomic mass is 9.74. The van der Waals surface area contributed by atoms with E-state index < -0.39 is 0 Å². The van der Waals surface area contributed by atoms with Crippen LogP contribution in [0.5, 0.6) is 0 Å². The van der Waals surface area contributed by atoms with E-state index in [1.165, 1.54) is 37.7 Å². The van der Waals surface area contributed by atoms with E-state index in [4.69, 9.17) is 0 Å². The molecule has 0 N–H and O–H groups in total. The summed E-state index contributed by atoms with van der Waals surface area (Å²) in [6.07, 6.45) is 10.4. The van der Waals surface area contributed by atoms with Crippen molar-refractivity contribution in [1.29, 1.82) is 0 Å². The molecule has 2 unspecified atom stereocenters. The van der Waals surface area contributed by atoms with Gasteiger partial charge in [0.05, 0.1) is 5.54 Å². The molecule has 2 bridgehead atoms. The van der Waals surface area contributed by atoms with Crippen molar-refractivity contribution >= 4 is 11.9 Å². The Morgan fingerprint density at radius 3 is 2.31 bits per heavy atom. The second-order valence-corrected chi connectivity index (χ2v) is 14.5. The molecule has 1 aliphatic carbocycles. The molecule has 4 saturated heterocycles. The van der Waals surface area contributed by atoms with Gasteiger partial charge in [0, 0.05) is 63.2 Å². The summed E-state index contributed by atoms with van der Waals surface area (Å²) in [5, 5.41) is 0. The number of likely N-dealkylation sites (tertiary alicyclic amines) is 1. The SMILES string of the molecule is CC(C)CN1C(=O)N(C)CC12CC1CCC(C2)N1C[C@H]1CN(C(=O)C2(C)CCCCC2)C[C@@H]1c1ccccc1. The van der Waals surface area contributed by atoms with Gasteiger partial charge in [-0.3, -0.25) is 9.69 Å². The lowest BCUT2D eigenvalue weighted by molar-refractivity contribution is -0.142. The first-order valence-corrected chi connectivity index (χ1v) is 15.8. The molecule has 1 aromatic carbocycles. The van der Waals surface area contributed by atoms with Crippen LogP contribution in [0.4, 0.5) is 4.79 Å². The molecule has 214 valence electrons. The molecule has 1 spiro atoms. The topological polar surface area (TPSA) is 47.1 Å². The van der Waals surface area contributed by atoms with Crippen LogP contribution < -0.4 is 0 Å². The van der Waals surface area contributed by atoms with Crippen LogP contribution in [-0.4, -0.2) is 88.9 Å². The first-order chi connectivity index (χ1) is 18.7. The number of likely N-dealkylation sites (N-methyl/N-ethyl adjacent to an activating group) is 1. The first-order valence-electron chi connectivity index (χ1n) is 15.8. The Kier molecular flexibility index (Phi) is 7.22. The largest absolute Gasteiger partial charge is 0.341 e. The first kappa shape index (κ1) is 27.1. The number of amides is 3. The van der Waals surface area contributed by atoms with E-state index in [1.807, 2.05) is 11.9 Å². The number of piperidine rings is 1. The third-order valence-electron chi connectivity index (χ3n) is 11.1. The average Bonchev–Trinajstić information content (AvgIpc) is 3.51. The van der Waals surface area contributed by atoms with Gasteiger partial charge in [0.1, 0.15) is 0 Å². The Morgan fingerprint density at radius 2 is 1.67 bits per heavy atom. The molecule has 1 aromatic rings. The molecule has 4 atom stereocenters. The summed E-state index contributed by atoms with van der Waals surface area (Å²) >= 11 is 0. The fourth-order valence-electron chi connectivity index (χ4n) is 9.20. The maximum atomic E-state index is 13.9. The zero-order chi connectivity index (χ0) is 27.4. The van der Waals surface area contributed by atoms with Crippen LogP contribution in [-0.2, 0) is 4.79 Å². The van der Waals surface area contributed by atoms with Crippen molar-refractivity contribution in [2.24, 2.45) is 17.3 Å². The number of carbonyl (C=O) groups is 2. The number of benzene rings is 1. The second-order valence-electron chi connectivity index (χ2n) is 14.5. The van der Waals surface area contributed by atoms with Crippen LogP contribution in [0.15, 0.2) is 30.3 Å². The van der Waals surface area contributed by atoms with Crippen molar-refractivity contribution in [3.8, 4) is 0 Å². The van der Waals surface area contributed by atoms with Gasteiger partial charge < -0.3 is 14.7 Å². The summed E-state index contributed by atoms with van der Waals surface area (Å²) in [4.78, 5) is 36.3. The third-order valence-corrected chi connectivity index (χ3v) is 11.1. The lowest BCUT2D eigenvalue weighted by Crippen LogP contribution is -2.59. The summed E-state index contributed by atoms with van der Waals surface area (Å²) in [7, 11) is 1.99. The third kappa shape index (κ3) is 4.89. The van der Waals surface area contributed by atoms with Crippen molar-refractivity contribution in [2.75, 3.05) is 39.8 Å². The fraction of sp³-hybridized carbons (Fsp3) is 0.758. The summed E-state index contributed by atoms with van der Waals surface area (Å²) in [6.45, 7) is 11.2. The Morgan fingerprint density at radius 1 is 1.00 bits per heavy atom. The Labute approximate surface area is 236 Å². The molecule has 0 aromatic heterocycles. The summed E-state index contributed by atoms with van der Waals surface area (Å²) in [5.74, 6) is 1.74. The molecule has 4 heterocycles. The minimum Gasteiger partial charge on any atom is -0.341 e. The van der Waals surface area contributed by atoms with Crippen molar-refractivity contribution in [1.82, 2.24) is 19.6 Å². The molecule has 4 aliphatic heterocycles. The van der Waals surface area contributed by atoms with Gasteiger partial charge in [0.2, 0.25) is 5.91 Å². The van der Waals surface area contributed by atoms with Crippen LogP contribution in [0.1, 0.15) is 90.0 Å². The van der Waals surface area contributed by atoms with E-state index in [9.17, 15) is 9.59 Å². The number of urea groups is 1. The van der Waals surface area contributed by atoms with Gasteiger partial charge in [-0.05, 0) is 55.9 Å². The standard InChI is InChI=1S/C33H50N4O2/c1-24(2)19-37-31(39)34(4)23-33(37)17-27-13-14-28(18-33)36(27)21-26-20-35(22-29(26)25-11-7-5-8-12-25)30(38)32(3)15-9-6-10-16-32/h5,7-8,11-12,24,26-29H,6,9-10,13-23H2,1-4H3/t26-,27?,28?,29-,33?/m1/s1. The van der Waals surface area contributed by atoms with Gasteiger partial charge in [0.25, 0.3) is 0 Å². The molecule has 3 amide bonds. The zero-order valence-electron chi connectivity index (χ0n) is 24.8. The highest BCUT2D eigenvalue weighted by Crippen LogP contribution is 2.48. The number of rotatable bonds is 6. The Bertz CT molecular complexity index is 1040. The molecule has 0 radical (unpaired) electrons. The maximum Gasteiger partial charge on any atom is 0.320 e. The molecule has 6 nitrogen and oxygen atoms in total. The van der Waals surface area contributed by atoms with Crippen LogP contribution in [0.3, 0.4) is 0 Å². The minimum absolute atomic E-state index is 0.00941. The normalized spacial score (nSPS) is 34.6. The number of nitrogens with zero attached hydrogens (tertiary/aromatic N) is 4. The van der Waals surface area contributed by atoms with E-state index in [1.54, 1.807) is 0 Å². The van der Waals surface area contributed by atoms with E-state index >= 15 is 0 Å².